The predicted molar refractivity (Wildman–Crippen MR) is 63.8 cm³/mol. The standard InChI is InChI=1S/C12H15NO6/c1-2-9-7(5-6-19-9)11(16)13-8(12(17)18)3-4-10(14)15/h5-6,8H,2-4H2,1H3,(H,13,16)(H,14,15)(H,17,18). The molecule has 0 saturated heterocycles. The average Bonchev–Trinajstić information content (AvgIpc) is 2.81. The van der Waals surface area contributed by atoms with E-state index in [0.29, 0.717) is 12.2 Å². The molecular weight excluding hydrogens is 254 g/mol. The summed E-state index contributed by atoms with van der Waals surface area (Å²) >= 11 is 0. The molecule has 0 aliphatic heterocycles. The number of aryl methyl sites for hydroxylation is 1. The summed E-state index contributed by atoms with van der Waals surface area (Å²) in [7, 11) is 0. The zero-order valence-corrected chi connectivity index (χ0v) is 10.4. The van der Waals surface area contributed by atoms with Crippen molar-refractivity contribution >= 4 is 17.8 Å². The van der Waals surface area contributed by atoms with E-state index in [2.05, 4.69) is 5.32 Å². The highest BCUT2D eigenvalue weighted by molar-refractivity contribution is 5.97. The van der Waals surface area contributed by atoms with Crippen LogP contribution >= 0.6 is 0 Å². The lowest BCUT2D eigenvalue weighted by molar-refractivity contribution is -0.140. The number of aliphatic carboxylic acids is 2. The van der Waals surface area contributed by atoms with Crippen LogP contribution in [0.15, 0.2) is 16.7 Å². The second-order valence-corrected chi connectivity index (χ2v) is 3.91. The molecule has 0 saturated carbocycles. The number of nitrogens with one attached hydrogen (secondary N) is 1. The first kappa shape index (κ1) is 14.7. The maximum atomic E-state index is 11.9. The van der Waals surface area contributed by atoms with Crippen molar-refractivity contribution in [2.24, 2.45) is 0 Å². The minimum absolute atomic E-state index is 0.171. The van der Waals surface area contributed by atoms with Crippen molar-refractivity contribution in [1.82, 2.24) is 5.32 Å². The molecule has 1 heterocycles. The van der Waals surface area contributed by atoms with E-state index >= 15 is 0 Å². The van der Waals surface area contributed by atoms with Crippen molar-refractivity contribution in [3.8, 4) is 0 Å². The summed E-state index contributed by atoms with van der Waals surface area (Å²) in [6, 6.07) is 0.216. The Kier molecular flexibility index (Phi) is 5.11. The molecular formula is C12H15NO6. The molecule has 0 aliphatic rings. The molecule has 0 aliphatic carbocycles. The summed E-state index contributed by atoms with van der Waals surface area (Å²) < 4.78 is 5.07. The lowest BCUT2D eigenvalue weighted by Crippen LogP contribution is -2.41. The van der Waals surface area contributed by atoms with Gasteiger partial charge in [0.2, 0.25) is 0 Å². The van der Waals surface area contributed by atoms with Crippen molar-refractivity contribution in [3.63, 3.8) is 0 Å². The van der Waals surface area contributed by atoms with Gasteiger partial charge in [0.05, 0.1) is 11.8 Å². The van der Waals surface area contributed by atoms with E-state index in [1.54, 1.807) is 6.92 Å². The van der Waals surface area contributed by atoms with Gasteiger partial charge in [-0.15, -0.1) is 0 Å². The summed E-state index contributed by atoms with van der Waals surface area (Å²) in [5.41, 5.74) is 0.268. The van der Waals surface area contributed by atoms with E-state index < -0.39 is 23.9 Å². The van der Waals surface area contributed by atoms with Crippen molar-refractivity contribution in [1.29, 1.82) is 0 Å². The van der Waals surface area contributed by atoms with Crippen molar-refractivity contribution in [2.75, 3.05) is 0 Å². The van der Waals surface area contributed by atoms with Crippen LogP contribution in [0.25, 0.3) is 0 Å². The van der Waals surface area contributed by atoms with Gasteiger partial charge < -0.3 is 19.9 Å². The van der Waals surface area contributed by atoms with E-state index in [0.717, 1.165) is 0 Å². The maximum absolute atomic E-state index is 11.9. The highest BCUT2D eigenvalue weighted by Gasteiger charge is 2.23. The molecule has 104 valence electrons. The molecule has 1 atom stereocenters. The molecule has 1 amide bonds. The third-order valence-corrected chi connectivity index (χ3v) is 2.56. The quantitative estimate of drug-likeness (QED) is 0.676. The van der Waals surface area contributed by atoms with Crippen LogP contribution < -0.4 is 5.32 Å². The summed E-state index contributed by atoms with van der Waals surface area (Å²) in [5.74, 6) is -2.50. The van der Waals surface area contributed by atoms with E-state index in [4.69, 9.17) is 14.6 Å². The van der Waals surface area contributed by atoms with Crippen molar-refractivity contribution < 1.29 is 29.0 Å². The van der Waals surface area contributed by atoms with Gasteiger partial charge in [-0.3, -0.25) is 9.59 Å². The third kappa shape index (κ3) is 4.13. The summed E-state index contributed by atoms with van der Waals surface area (Å²) in [6.45, 7) is 1.80. The number of rotatable bonds is 7. The first-order chi connectivity index (χ1) is 8.95. The number of amides is 1. The third-order valence-electron chi connectivity index (χ3n) is 2.56. The smallest absolute Gasteiger partial charge is 0.326 e. The van der Waals surface area contributed by atoms with Crippen LogP contribution in [-0.2, 0) is 16.0 Å². The van der Waals surface area contributed by atoms with E-state index in [1.807, 2.05) is 0 Å². The molecule has 1 aromatic heterocycles. The van der Waals surface area contributed by atoms with Gasteiger partial charge in [0.25, 0.3) is 5.91 Å². The first-order valence-corrected chi connectivity index (χ1v) is 5.77. The fraction of sp³-hybridized carbons (Fsp3) is 0.417. The van der Waals surface area contributed by atoms with Crippen LogP contribution in [0.1, 0.15) is 35.9 Å². The Morgan fingerprint density at radius 1 is 1.37 bits per heavy atom. The lowest BCUT2D eigenvalue weighted by Gasteiger charge is -2.13. The van der Waals surface area contributed by atoms with Crippen molar-refractivity contribution in [3.05, 3.63) is 23.7 Å². The van der Waals surface area contributed by atoms with Crippen LogP contribution in [0.5, 0.6) is 0 Å². The topological polar surface area (TPSA) is 117 Å². The van der Waals surface area contributed by atoms with Gasteiger partial charge in [-0.05, 0) is 12.5 Å². The molecule has 0 spiro atoms. The Hall–Kier alpha value is -2.31. The van der Waals surface area contributed by atoms with E-state index in [-0.39, 0.29) is 18.4 Å². The minimum Gasteiger partial charge on any atom is -0.481 e. The van der Waals surface area contributed by atoms with Crippen LogP contribution in [0.4, 0.5) is 0 Å². The molecule has 0 fully saturated rings. The molecule has 1 rings (SSSR count). The van der Waals surface area contributed by atoms with E-state index in [1.165, 1.54) is 12.3 Å². The Bertz CT molecular complexity index is 478. The maximum Gasteiger partial charge on any atom is 0.326 e. The molecule has 0 aromatic carbocycles. The summed E-state index contributed by atoms with van der Waals surface area (Å²) in [6.07, 6.45) is 1.35. The molecule has 0 radical (unpaired) electrons. The Morgan fingerprint density at radius 3 is 2.58 bits per heavy atom. The SMILES string of the molecule is CCc1occc1C(=O)NC(CCC(=O)O)C(=O)O. The van der Waals surface area contributed by atoms with Gasteiger partial charge in [0.15, 0.2) is 0 Å². The molecule has 0 bridgehead atoms. The van der Waals surface area contributed by atoms with Crippen LogP contribution in [0, 0.1) is 0 Å². The van der Waals surface area contributed by atoms with Gasteiger partial charge in [-0.2, -0.15) is 0 Å². The zero-order chi connectivity index (χ0) is 14.4. The number of hydrogen-bond acceptors (Lipinski definition) is 4. The molecule has 7 nitrogen and oxygen atoms in total. The number of carboxylic acids is 2. The molecule has 1 unspecified atom stereocenters. The summed E-state index contributed by atoms with van der Waals surface area (Å²) in [4.78, 5) is 33.2. The van der Waals surface area contributed by atoms with Gasteiger partial charge in [-0.1, -0.05) is 6.92 Å². The average molecular weight is 269 g/mol. The fourth-order valence-electron chi connectivity index (χ4n) is 1.58. The highest BCUT2D eigenvalue weighted by Crippen LogP contribution is 2.11. The zero-order valence-electron chi connectivity index (χ0n) is 10.4. The van der Waals surface area contributed by atoms with Gasteiger partial charge in [-0.25, -0.2) is 4.79 Å². The Balaban J connectivity index is 2.71. The molecule has 7 heteroatoms. The van der Waals surface area contributed by atoms with Gasteiger partial charge in [0, 0.05) is 12.8 Å². The monoisotopic (exact) mass is 269 g/mol. The number of carboxylic acid groups (broad SMARTS) is 2. The number of hydrogen-bond donors (Lipinski definition) is 3. The van der Waals surface area contributed by atoms with Crippen LogP contribution in [-0.4, -0.2) is 34.1 Å². The number of carbonyl (C=O) groups is 3. The second-order valence-electron chi connectivity index (χ2n) is 3.91. The van der Waals surface area contributed by atoms with Gasteiger partial charge >= 0.3 is 11.9 Å². The summed E-state index contributed by atoms with van der Waals surface area (Å²) in [5, 5.41) is 19.7. The minimum atomic E-state index is -1.27. The van der Waals surface area contributed by atoms with Gasteiger partial charge in [0.1, 0.15) is 11.8 Å². The molecule has 19 heavy (non-hydrogen) atoms. The Labute approximate surface area is 109 Å². The highest BCUT2D eigenvalue weighted by atomic mass is 16.4. The normalized spacial score (nSPS) is 11.8. The molecule has 3 N–H and O–H groups in total. The number of carbonyl (C=O) groups excluding carboxylic acids is 1. The number of furan rings is 1. The van der Waals surface area contributed by atoms with E-state index in [9.17, 15) is 14.4 Å². The first-order valence-electron chi connectivity index (χ1n) is 5.77. The largest absolute Gasteiger partial charge is 0.481 e. The predicted octanol–water partition coefficient (Wildman–Crippen LogP) is 0.890. The Morgan fingerprint density at radius 2 is 2.05 bits per heavy atom. The fourth-order valence-corrected chi connectivity index (χ4v) is 1.58. The second kappa shape index (κ2) is 6.58. The lowest BCUT2D eigenvalue weighted by atomic mass is 10.1. The van der Waals surface area contributed by atoms with Crippen LogP contribution in [0.3, 0.4) is 0 Å². The molecule has 1 aromatic rings. The van der Waals surface area contributed by atoms with Crippen LogP contribution in [0.2, 0.25) is 0 Å². The van der Waals surface area contributed by atoms with Crippen molar-refractivity contribution in [2.45, 2.75) is 32.2 Å².